The Bertz CT molecular complexity index is 955. The molecule has 0 fully saturated rings. The number of halogens is 1. The Balaban J connectivity index is 1.81. The molecule has 2 atom stereocenters. The fraction of sp³-hybridized carbons (Fsp3) is 0.300. The van der Waals surface area contributed by atoms with Gasteiger partial charge in [-0.25, -0.2) is 0 Å². The van der Waals surface area contributed by atoms with Crippen molar-refractivity contribution < 1.29 is 19.4 Å². The van der Waals surface area contributed by atoms with Crippen molar-refractivity contribution in [2.75, 3.05) is 12.4 Å². The molecule has 2 aliphatic rings. The summed E-state index contributed by atoms with van der Waals surface area (Å²) in [6.45, 7) is 1.93. The van der Waals surface area contributed by atoms with Gasteiger partial charge < -0.3 is 15.2 Å². The highest BCUT2D eigenvalue weighted by atomic mass is 79.9. The number of benzene rings is 2. The Morgan fingerprint density at radius 3 is 2.77 bits per heavy atom. The van der Waals surface area contributed by atoms with E-state index in [0.717, 1.165) is 21.3 Å². The lowest BCUT2D eigenvalue weighted by Gasteiger charge is -2.34. The van der Waals surface area contributed by atoms with E-state index in [2.05, 4.69) is 21.2 Å². The first-order chi connectivity index (χ1) is 12.4. The fourth-order valence-corrected chi connectivity index (χ4v) is 4.50. The molecule has 0 radical (unpaired) electrons. The summed E-state index contributed by atoms with van der Waals surface area (Å²) in [5.74, 6) is -0.833. The van der Waals surface area contributed by atoms with Crippen LogP contribution in [0.25, 0.3) is 0 Å². The third-order valence-electron chi connectivity index (χ3n) is 5.52. The Hall–Kier alpha value is -2.18. The second-order valence-corrected chi connectivity index (χ2v) is 7.70. The highest BCUT2D eigenvalue weighted by Gasteiger charge is 2.55. The molecule has 0 unspecified atom stereocenters. The van der Waals surface area contributed by atoms with Crippen LogP contribution >= 0.6 is 15.9 Å². The molecule has 1 aliphatic heterocycles. The first kappa shape index (κ1) is 17.2. The zero-order valence-corrected chi connectivity index (χ0v) is 16.0. The molecule has 1 aliphatic carbocycles. The molecule has 0 bridgehead atoms. The number of aliphatic hydroxyl groups is 1. The van der Waals surface area contributed by atoms with E-state index in [0.29, 0.717) is 29.7 Å². The average molecular weight is 416 g/mol. The number of ether oxygens (including phenoxy) is 1. The monoisotopic (exact) mass is 415 g/mol. The lowest BCUT2D eigenvalue weighted by molar-refractivity contribution is -0.138. The van der Waals surface area contributed by atoms with Crippen LogP contribution < -0.4 is 10.1 Å². The number of carbonyl (C=O) groups excluding carboxylic acids is 2. The van der Waals surface area contributed by atoms with Crippen LogP contribution in [0.2, 0.25) is 0 Å². The highest BCUT2D eigenvalue weighted by Crippen LogP contribution is 2.47. The molecule has 0 saturated heterocycles. The quantitative estimate of drug-likeness (QED) is 0.788. The van der Waals surface area contributed by atoms with Gasteiger partial charge in [0.25, 0.3) is 5.91 Å². The second-order valence-electron chi connectivity index (χ2n) is 6.78. The number of fused-ring (bicyclic) bond motifs is 2. The summed E-state index contributed by atoms with van der Waals surface area (Å²) in [5, 5.41) is 14.1. The van der Waals surface area contributed by atoms with Crippen molar-refractivity contribution in [1.82, 2.24) is 0 Å². The summed E-state index contributed by atoms with van der Waals surface area (Å²) in [6, 6.07) is 8.71. The van der Waals surface area contributed by atoms with Crippen molar-refractivity contribution in [3.05, 3.63) is 57.1 Å². The molecule has 6 heteroatoms. The van der Waals surface area contributed by atoms with Gasteiger partial charge in [0.15, 0.2) is 11.4 Å². The number of anilines is 1. The van der Waals surface area contributed by atoms with E-state index >= 15 is 0 Å². The Morgan fingerprint density at radius 1 is 1.27 bits per heavy atom. The van der Waals surface area contributed by atoms with E-state index in [1.807, 2.05) is 6.92 Å². The minimum absolute atomic E-state index is 0.206. The third kappa shape index (κ3) is 2.25. The lowest BCUT2D eigenvalue weighted by Crippen LogP contribution is -2.47. The molecular weight excluding hydrogens is 398 g/mol. The maximum atomic E-state index is 13.2. The molecule has 134 valence electrons. The van der Waals surface area contributed by atoms with E-state index in [4.69, 9.17) is 4.74 Å². The van der Waals surface area contributed by atoms with Crippen molar-refractivity contribution >= 4 is 33.3 Å². The predicted octanol–water partition coefficient (Wildman–Crippen LogP) is 3.35. The van der Waals surface area contributed by atoms with Crippen LogP contribution in [-0.4, -0.2) is 23.9 Å². The second kappa shape index (κ2) is 5.93. The SMILES string of the molecule is COc1ccc2c(c1C)CC[C@@H]([C@]1(O)C(=O)Nc3ccc(Br)cc31)C2=O. The fourth-order valence-electron chi connectivity index (χ4n) is 4.14. The number of hydrogen-bond acceptors (Lipinski definition) is 4. The Labute approximate surface area is 159 Å². The summed E-state index contributed by atoms with van der Waals surface area (Å²) < 4.78 is 6.09. The standard InChI is InChI=1S/C20H18BrNO4/c1-10-12-4-6-14(18(23)13(12)5-8-17(10)26-2)20(25)15-9-11(21)3-7-16(15)22-19(20)24/h3,5,7-9,14,25H,4,6H2,1-2H3,(H,22,24)/t14-,20-/m1/s1. The van der Waals surface area contributed by atoms with E-state index in [1.165, 1.54) is 0 Å². The molecule has 0 saturated carbocycles. The van der Waals surface area contributed by atoms with Crippen molar-refractivity contribution in [2.24, 2.45) is 5.92 Å². The van der Waals surface area contributed by atoms with Crippen LogP contribution in [0.1, 0.15) is 33.5 Å². The molecule has 26 heavy (non-hydrogen) atoms. The van der Waals surface area contributed by atoms with Crippen LogP contribution in [0.15, 0.2) is 34.8 Å². The van der Waals surface area contributed by atoms with Crippen molar-refractivity contribution in [3.8, 4) is 5.75 Å². The van der Waals surface area contributed by atoms with Gasteiger partial charge in [-0.2, -0.15) is 0 Å². The maximum absolute atomic E-state index is 13.2. The summed E-state index contributed by atoms with van der Waals surface area (Å²) in [4.78, 5) is 25.8. The van der Waals surface area contributed by atoms with E-state index < -0.39 is 17.4 Å². The minimum Gasteiger partial charge on any atom is -0.496 e. The molecule has 2 aromatic carbocycles. The number of nitrogens with one attached hydrogen (secondary N) is 1. The summed E-state index contributed by atoms with van der Waals surface area (Å²) in [7, 11) is 1.60. The largest absolute Gasteiger partial charge is 0.496 e. The van der Waals surface area contributed by atoms with Crippen molar-refractivity contribution in [3.63, 3.8) is 0 Å². The van der Waals surface area contributed by atoms with E-state index in [-0.39, 0.29) is 5.78 Å². The van der Waals surface area contributed by atoms with Gasteiger partial charge in [-0.3, -0.25) is 9.59 Å². The zero-order valence-electron chi connectivity index (χ0n) is 14.4. The number of carbonyl (C=O) groups is 2. The molecule has 2 N–H and O–H groups in total. The molecule has 1 amide bonds. The zero-order chi connectivity index (χ0) is 18.6. The highest BCUT2D eigenvalue weighted by molar-refractivity contribution is 9.10. The molecule has 5 nitrogen and oxygen atoms in total. The minimum atomic E-state index is -1.86. The van der Waals surface area contributed by atoms with Gasteiger partial charge in [0.05, 0.1) is 13.0 Å². The Kier molecular flexibility index (Phi) is 3.93. The lowest BCUT2D eigenvalue weighted by atomic mass is 9.70. The molecule has 0 aromatic heterocycles. The van der Waals surface area contributed by atoms with Gasteiger partial charge in [0.1, 0.15) is 5.75 Å². The summed E-state index contributed by atoms with van der Waals surface area (Å²) in [5.41, 5.74) is 1.56. The number of methoxy groups -OCH3 is 1. The van der Waals surface area contributed by atoms with Gasteiger partial charge in [0.2, 0.25) is 0 Å². The number of rotatable bonds is 2. The number of ketones is 1. The predicted molar refractivity (Wildman–Crippen MR) is 101 cm³/mol. The molecule has 1 heterocycles. The summed E-state index contributed by atoms with van der Waals surface area (Å²) >= 11 is 3.38. The van der Waals surface area contributed by atoms with Gasteiger partial charge >= 0.3 is 0 Å². The summed E-state index contributed by atoms with van der Waals surface area (Å²) in [6.07, 6.45) is 1.00. The van der Waals surface area contributed by atoms with Gasteiger partial charge in [-0.1, -0.05) is 15.9 Å². The first-order valence-electron chi connectivity index (χ1n) is 8.42. The van der Waals surface area contributed by atoms with Crippen molar-refractivity contribution in [2.45, 2.75) is 25.4 Å². The van der Waals surface area contributed by atoms with Crippen LogP contribution in [0, 0.1) is 12.8 Å². The molecule has 2 aromatic rings. The van der Waals surface area contributed by atoms with Crippen LogP contribution in [0.4, 0.5) is 5.69 Å². The van der Waals surface area contributed by atoms with Crippen LogP contribution in [0.5, 0.6) is 5.75 Å². The van der Waals surface area contributed by atoms with Gasteiger partial charge in [0, 0.05) is 21.3 Å². The normalized spacial score (nSPS) is 24.1. The molecule has 0 spiro atoms. The molecular formula is C20H18BrNO4. The maximum Gasteiger partial charge on any atom is 0.261 e. The van der Waals surface area contributed by atoms with Gasteiger partial charge in [-0.05, 0) is 61.2 Å². The van der Waals surface area contributed by atoms with Crippen LogP contribution in [0.3, 0.4) is 0 Å². The number of hydrogen-bond donors (Lipinski definition) is 2. The first-order valence-corrected chi connectivity index (χ1v) is 9.21. The average Bonchev–Trinajstić information content (AvgIpc) is 2.87. The third-order valence-corrected chi connectivity index (χ3v) is 6.02. The Morgan fingerprint density at radius 2 is 2.04 bits per heavy atom. The molecule has 4 rings (SSSR count). The van der Waals surface area contributed by atoms with Crippen molar-refractivity contribution in [1.29, 1.82) is 0 Å². The van der Waals surface area contributed by atoms with Crippen LogP contribution in [-0.2, 0) is 16.8 Å². The number of Topliss-reactive ketones (excluding diaryl/α,β-unsaturated/α-hetero) is 1. The van der Waals surface area contributed by atoms with E-state index in [9.17, 15) is 14.7 Å². The van der Waals surface area contributed by atoms with Gasteiger partial charge in [-0.15, -0.1) is 0 Å². The topological polar surface area (TPSA) is 75.6 Å². The number of amides is 1. The van der Waals surface area contributed by atoms with E-state index in [1.54, 1.807) is 37.4 Å². The smallest absolute Gasteiger partial charge is 0.261 e.